The van der Waals surface area contributed by atoms with E-state index < -0.39 is 10.0 Å². The minimum absolute atomic E-state index is 0.187. The second-order valence-electron chi connectivity index (χ2n) is 5.57. The summed E-state index contributed by atoms with van der Waals surface area (Å²) in [6.07, 6.45) is 0. The summed E-state index contributed by atoms with van der Waals surface area (Å²) in [4.78, 5) is 13.8. The zero-order valence-corrected chi connectivity index (χ0v) is 16.7. The van der Waals surface area contributed by atoms with Crippen LogP contribution in [0.5, 0.6) is 0 Å². The van der Waals surface area contributed by atoms with Crippen LogP contribution < -0.4 is 5.32 Å². The third-order valence-corrected chi connectivity index (χ3v) is 7.02. The molecule has 0 aliphatic carbocycles. The van der Waals surface area contributed by atoms with Crippen LogP contribution in [0.15, 0.2) is 29.2 Å². The first-order chi connectivity index (χ1) is 11.8. The topological polar surface area (TPSA) is 79.0 Å². The van der Waals surface area contributed by atoms with Gasteiger partial charge in [-0.2, -0.15) is 0 Å². The Bertz CT molecular complexity index is 752. The first-order valence-electron chi connectivity index (χ1n) is 7.53. The third kappa shape index (κ3) is 4.84. The van der Waals surface area contributed by atoms with Crippen LogP contribution in [-0.2, 0) is 19.6 Å². The zero-order valence-electron chi connectivity index (χ0n) is 14.3. The Labute approximate surface area is 157 Å². The smallest absolute Gasteiger partial charge is 0.320 e. The van der Waals surface area contributed by atoms with Crippen LogP contribution in [0.2, 0.25) is 0 Å². The molecule has 1 aliphatic heterocycles. The summed E-state index contributed by atoms with van der Waals surface area (Å²) in [6, 6.07) is 6.48. The van der Waals surface area contributed by atoms with Crippen molar-refractivity contribution >= 4 is 50.8 Å². The highest BCUT2D eigenvalue weighted by atomic mass is 32.2. The predicted octanol–water partition coefficient (Wildman–Crippen LogP) is 1.22. The first kappa shape index (κ1) is 20.0. The number of thiocarbonyl (C=S) groups is 1. The molecular weight excluding hydrogens is 382 g/mol. The van der Waals surface area contributed by atoms with E-state index in [1.807, 2.05) is 4.90 Å². The molecule has 0 spiro atoms. The van der Waals surface area contributed by atoms with Crippen molar-refractivity contribution in [2.24, 2.45) is 0 Å². The molecule has 0 radical (unpaired) electrons. The minimum atomic E-state index is -3.51. The lowest BCUT2D eigenvalue weighted by Gasteiger charge is -2.33. The number of anilines is 1. The van der Waals surface area contributed by atoms with Crippen molar-refractivity contribution in [1.82, 2.24) is 9.21 Å². The normalized spacial score (nSPS) is 18.1. The number of sulfonamides is 1. The van der Waals surface area contributed by atoms with E-state index in [2.05, 4.69) is 5.32 Å². The van der Waals surface area contributed by atoms with Crippen LogP contribution in [-0.4, -0.2) is 74.0 Å². The van der Waals surface area contributed by atoms with Crippen molar-refractivity contribution < 1.29 is 17.9 Å². The molecule has 1 aliphatic rings. The van der Waals surface area contributed by atoms with Crippen molar-refractivity contribution in [3.05, 3.63) is 24.3 Å². The lowest BCUT2D eigenvalue weighted by Crippen LogP contribution is -2.46. The maximum atomic E-state index is 12.2. The number of nitrogens with zero attached hydrogens (tertiary/aromatic N) is 2. The van der Waals surface area contributed by atoms with Gasteiger partial charge in [-0.05, 0) is 30.4 Å². The molecule has 138 valence electrons. The average Bonchev–Trinajstić information content (AvgIpc) is 2.61. The summed E-state index contributed by atoms with van der Waals surface area (Å²) in [5.41, 5.74) is 0.584. The van der Waals surface area contributed by atoms with Crippen LogP contribution in [0, 0.1) is 0 Å². The molecule has 2 rings (SSSR count). The van der Waals surface area contributed by atoms with E-state index in [9.17, 15) is 13.2 Å². The molecule has 25 heavy (non-hydrogen) atoms. The number of nitrogens with one attached hydrogen (secondary N) is 1. The Kier molecular flexibility index (Phi) is 6.66. The van der Waals surface area contributed by atoms with Gasteiger partial charge in [-0.25, -0.2) is 12.7 Å². The van der Waals surface area contributed by atoms with Crippen LogP contribution in [0.1, 0.15) is 0 Å². The van der Waals surface area contributed by atoms with Gasteiger partial charge in [0, 0.05) is 38.6 Å². The summed E-state index contributed by atoms with van der Waals surface area (Å²) in [5.74, 6) is 0.493. The van der Waals surface area contributed by atoms with Gasteiger partial charge in [-0.15, -0.1) is 11.8 Å². The first-order valence-corrected chi connectivity index (χ1v) is 10.4. The molecule has 1 aromatic carbocycles. The van der Waals surface area contributed by atoms with Crippen molar-refractivity contribution in [2.75, 3.05) is 45.4 Å². The molecule has 0 aromatic heterocycles. The maximum absolute atomic E-state index is 12.2. The highest BCUT2D eigenvalue weighted by Gasteiger charge is 2.28. The van der Waals surface area contributed by atoms with Gasteiger partial charge < -0.3 is 15.0 Å². The number of hydrogen-bond acceptors (Lipinski definition) is 6. The minimum Gasteiger partial charge on any atom is -0.468 e. The molecule has 1 atom stereocenters. The lowest BCUT2D eigenvalue weighted by molar-refractivity contribution is -0.140. The van der Waals surface area contributed by atoms with Gasteiger partial charge in [-0.3, -0.25) is 4.79 Å². The van der Waals surface area contributed by atoms with E-state index >= 15 is 0 Å². The summed E-state index contributed by atoms with van der Waals surface area (Å²) < 4.78 is 30.4. The van der Waals surface area contributed by atoms with Gasteiger partial charge >= 0.3 is 5.97 Å². The van der Waals surface area contributed by atoms with Crippen LogP contribution in [0.25, 0.3) is 0 Å². The molecule has 1 heterocycles. The zero-order chi connectivity index (χ0) is 18.6. The van der Waals surface area contributed by atoms with Gasteiger partial charge in [0.25, 0.3) is 0 Å². The standard InChI is InChI=1S/C15H21N3O4S3/c1-17(2)25(20,21)12-6-4-5-11(9-12)16-15(23)18-7-8-24-13(10-18)14(19)22-3/h4-6,9,13H,7-8,10H2,1-3H3,(H,16,23)/t13-/m1/s1. The van der Waals surface area contributed by atoms with E-state index in [4.69, 9.17) is 17.0 Å². The van der Waals surface area contributed by atoms with E-state index in [0.29, 0.717) is 23.9 Å². The molecule has 0 amide bonds. The molecule has 7 nitrogen and oxygen atoms in total. The lowest BCUT2D eigenvalue weighted by atomic mass is 10.3. The molecule has 0 saturated carbocycles. The second-order valence-corrected chi connectivity index (χ2v) is 9.42. The summed E-state index contributed by atoms with van der Waals surface area (Å²) in [6.45, 7) is 1.17. The van der Waals surface area contributed by atoms with Crippen LogP contribution >= 0.6 is 24.0 Å². The number of carbonyl (C=O) groups is 1. The van der Waals surface area contributed by atoms with Gasteiger partial charge in [0.2, 0.25) is 10.0 Å². The highest BCUT2D eigenvalue weighted by Crippen LogP contribution is 2.22. The van der Waals surface area contributed by atoms with Crippen molar-refractivity contribution in [2.45, 2.75) is 10.1 Å². The number of methoxy groups -OCH3 is 1. The molecule has 1 fully saturated rings. The summed E-state index contributed by atoms with van der Waals surface area (Å²) in [7, 11) is 0.828. The molecule has 1 N–H and O–H groups in total. The van der Waals surface area contributed by atoms with Crippen molar-refractivity contribution in [1.29, 1.82) is 0 Å². The number of carbonyl (C=O) groups excluding carboxylic acids is 1. The van der Waals surface area contributed by atoms with Crippen molar-refractivity contribution in [3.8, 4) is 0 Å². The molecule has 0 unspecified atom stereocenters. The third-order valence-electron chi connectivity index (χ3n) is 3.68. The van der Waals surface area contributed by atoms with Gasteiger partial charge in [0.15, 0.2) is 5.11 Å². The van der Waals surface area contributed by atoms with E-state index in [1.165, 1.54) is 33.3 Å². The van der Waals surface area contributed by atoms with E-state index in [1.54, 1.807) is 23.9 Å². The number of esters is 1. The molecule has 1 saturated heterocycles. The molecule has 0 bridgehead atoms. The van der Waals surface area contributed by atoms with Gasteiger partial charge in [-0.1, -0.05) is 6.07 Å². The monoisotopic (exact) mass is 403 g/mol. The number of rotatable bonds is 4. The summed E-state index contributed by atoms with van der Waals surface area (Å²) in [5, 5.41) is 3.23. The Hall–Kier alpha value is -1.36. The molecular formula is C15H21N3O4S3. The largest absolute Gasteiger partial charge is 0.468 e. The fraction of sp³-hybridized carbons (Fsp3) is 0.467. The Morgan fingerprint density at radius 2 is 2.16 bits per heavy atom. The number of ether oxygens (including phenoxy) is 1. The Balaban J connectivity index is 2.09. The average molecular weight is 404 g/mol. The van der Waals surface area contributed by atoms with Crippen LogP contribution in [0.3, 0.4) is 0 Å². The fourth-order valence-electron chi connectivity index (χ4n) is 2.26. The Morgan fingerprint density at radius 1 is 1.44 bits per heavy atom. The maximum Gasteiger partial charge on any atom is 0.320 e. The molecule has 10 heteroatoms. The van der Waals surface area contributed by atoms with Gasteiger partial charge in [0.1, 0.15) is 5.25 Å². The van der Waals surface area contributed by atoms with E-state index in [-0.39, 0.29) is 16.1 Å². The number of thioether (sulfide) groups is 1. The van der Waals surface area contributed by atoms with Gasteiger partial charge in [0.05, 0.1) is 12.0 Å². The SMILES string of the molecule is COC(=O)[C@H]1CN(C(=S)Nc2cccc(S(=O)(=O)N(C)C)c2)CCS1. The molecule has 1 aromatic rings. The van der Waals surface area contributed by atoms with Crippen LogP contribution in [0.4, 0.5) is 5.69 Å². The van der Waals surface area contributed by atoms with Crippen molar-refractivity contribution in [3.63, 3.8) is 0 Å². The highest BCUT2D eigenvalue weighted by molar-refractivity contribution is 8.00. The quantitative estimate of drug-likeness (QED) is 0.594. The predicted molar refractivity (Wildman–Crippen MR) is 103 cm³/mol. The second kappa shape index (κ2) is 8.35. The van der Waals surface area contributed by atoms with E-state index in [0.717, 1.165) is 10.1 Å². The fourth-order valence-corrected chi connectivity index (χ4v) is 4.62. The number of hydrogen-bond donors (Lipinski definition) is 1. The summed E-state index contributed by atoms with van der Waals surface area (Å²) >= 11 is 6.96. The Morgan fingerprint density at radius 3 is 2.80 bits per heavy atom. The number of benzene rings is 1.